The second-order valence-electron chi connectivity index (χ2n) is 10.5. The van der Waals surface area contributed by atoms with E-state index < -0.39 is 17.9 Å². The molecule has 1 aromatic carbocycles. The van der Waals surface area contributed by atoms with Gasteiger partial charge in [0.15, 0.2) is 0 Å². The van der Waals surface area contributed by atoms with Gasteiger partial charge < -0.3 is 14.2 Å². The van der Waals surface area contributed by atoms with Gasteiger partial charge in [-0.05, 0) is 70.1 Å². The van der Waals surface area contributed by atoms with Crippen molar-refractivity contribution < 1.29 is 22.9 Å². The van der Waals surface area contributed by atoms with Crippen molar-refractivity contribution in [2.75, 3.05) is 11.4 Å². The second kappa shape index (κ2) is 5.61. The van der Waals surface area contributed by atoms with Crippen LogP contribution in [0.1, 0.15) is 70.9 Å². The molecule has 1 unspecified atom stereocenters. The maximum atomic E-state index is 13.8. The molecule has 2 saturated carbocycles. The van der Waals surface area contributed by atoms with E-state index in [1.807, 2.05) is 39.8 Å². The molecule has 4 nitrogen and oxygen atoms in total. The minimum Gasteiger partial charge on any atom is -0.403 e. The highest BCUT2D eigenvalue weighted by atomic mass is 19.3. The molecule has 2 atom stereocenters. The summed E-state index contributed by atoms with van der Waals surface area (Å²) in [5, 5.41) is 0. The number of amides is 1. The van der Waals surface area contributed by atoms with E-state index >= 15 is 0 Å². The van der Waals surface area contributed by atoms with Gasteiger partial charge >= 0.3 is 7.12 Å². The summed E-state index contributed by atoms with van der Waals surface area (Å²) in [5.41, 5.74) is 1.40. The van der Waals surface area contributed by atoms with Crippen molar-refractivity contribution >= 4 is 18.7 Å². The topological polar surface area (TPSA) is 38.8 Å². The Hall–Kier alpha value is -1.47. The van der Waals surface area contributed by atoms with Crippen LogP contribution < -0.4 is 4.90 Å². The van der Waals surface area contributed by atoms with Gasteiger partial charge in [-0.25, -0.2) is 8.78 Å². The molecule has 2 aliphatic heterocycles. The lowest BCUT2D eigenvalue weighted by atomic mass is 9.79. The number of benzene rings is 1. The van der Waals surface area contributed by atoms with Crippen LogP contribution in [-0.2, 0) is 19.5 Å². The summed E-state index contributed by atoms with van der Waals surface area (Å²) in [7, 11) is -0.259. The summed E-state index contributed by atoms with van der Waals surface area (Å²) in [5.74, 6) is -2.56. The first-order valence-corrected chi connectivity index (χ1v) is 10.5. The first-order chi connectivity index (χ1) is 13.3. The molecule has 2 heterocycles. The predicted octanol–water partition coefficient (Wildman–Crippen LogP) is 4.67. The SMILES string of the molecule is CC(F)(F)CN1C(=O)C2(CC2)c2ccc(C3C[C@@H]3B3OC(C)(C)C(C)(C)O3)cc21. The lowest BCUT2D eigenvalue weighted by Gasteiger charge is -2.32. The molecule has 2 aliphatic carbocycles. The Morgan fingerprint density at radius 2 is 1.79 bits per heavy atom. The normalized spacial score (nSPS) is 30.8. The van der Waals surface area contributed by atoms with E-state index in [-0.39, 0.29) is 36.0 Å². The maximum absolute atomic E-state index is 13.8. The monoisotopic (exact) mass is 403 g/mol. The van der Waals surface area contributed by atoms with Crippen molar-refractivity contribution in [3.63, 3.8) is 0 Å². The molecular formula is C22H28BF2NO3. The molecule has 1 amide bonds. The van der Waals surface area contributed by atoms with Crippen LogP contribution in [0.2, 0.25) is 5.82 Å². The van der Waals surface area contributed by atoms with Gasteiger partial charge in [-0.15, -0.1) is 0 Å². The van der Waals surface area contributed by atoms with Gasteiger partial charge in [0.25, 0.3) is 5.92 Å². The predicted molar refractivity (Wildman–Crippen MR) is 108 cm³/mol. The third-order valence-corrected chi connectivity index (χ3v) is 7.56. The second-order valence-corrected chi connectivity index (χ2v) is 10.5. The van der Waals surface area contributed by atoms with E-state index in [1.54, 1.807) is 0 Å². The molecule has 7 heteroatoms. The van der Waals surface area contributed by atoms with E-state index in [2.05, 4.69) is 6.07 Å². The fourth-order valence-electron chi connectivity index (χ4n) is 4.90. The molecular weight excluding hydrogens is 375 g/mol. The number of alkyl halides is 2. The number of hydrogen-bond acceptors (Lipinski definition) is 3. The van der Waals surface area contributed by atoms with Crippen molar-refractivity contribution in [3.8, 4) is 0 Å². The maximum Gasteiger partial charge on any atom is 0.461 e. The summed E-state index contributed by atoms with van der Waals surface area (Å²) < 4.78 is 39.9. The van der Waals surface area contributed by atoms with Gasteiger partial charge in [-0.3, -0.25) is 4.79 Å². The number of hydrogen-bond donors (Lipinski definition) is 0. The van der Waals surface area contributed by atoms with Crippen LogP contribution in [0.3, 0.4) is 0 Å². The average Bonchev–Trinajstić information content (AvgIpc) is 3.48. The van der Waals surface area contributed by atoms with Crippen LogP contribution in [0.25, 0.3) is 0 Å². The standard InChI is InChI=1S/C22H28BF2NO3/c1-19(2)20(3,4)29-23(28-19)16-11-14(16)13-6-7-15-17(10-13)26(12-21(5,24)25)18(27)22(15)8-9-22/h6-7,10,14,16H,8-9,11-12H2,1-5H3/t14?,16-/m0/s1. The highest BCUT2D eigenvalue weighted by molar-refractivity contribution is 6.49. The number of halogens is 2. The average molecular weight is 403 g/mol. The van der Waals surface area contributed by atoms with Crippen molar-refractivity contribution in [3.05, 3.63) is 29.3 Å². The first-order valence-electron chi connectivity index (χ1n) is 10.5. The molecule has 0 radical (unpaired) electrons. The van der Waals surface area contributed by atoms with Gasteiger partial charge in [-0.2, -0.15) is 0 Å². The summed E-state index contributed by atoms with van der Waals surface area (Å²) >= 11 is 0. The Kier molecular flexibility index (Phi) is 3.77. The van der Waals surface area contributed by atoms with Crippen LogP contribution in [0.5, 0.6) is 0 Å². The number of carbonyl (C=O) groups excluding carboxylic acids is 1. The largest absolute Gasteiger partial charge is 0.461 e. The summed E-state index contributed by atoms with van der Waals surface area (Å²) in [4.78, 5) is 14.2. The smallest absolute Gasteiger partial charge is 0.403 e. The summed E-state index contributed by atoms with van der Waals surface area (Å²) in [6, 6.07) is 6.01. The van der Waals surface area contributed by atoms with Gasteiger partial charge in [0.2, 0.25) is 5.91 Å². The Morgan fingerprint density at radius 1 is 1.17 bits per heavy atom. The van der Waals surface area contributed by atoms with Gasteiger partial charge in [0.1, 0.15) is 0 Å². The molecule has 0 aromatic heterocycles. The minimum atomic E-state index is -2.92. The summed E-state index contributed by atoms with van der Waals surface area (Å²) in [6.07, 6.45) is 2.45. The van der Waals surface area contributed by atoms with Gasteiger partial charge in [0.05, 0.1) is 23.2 Å². The molecule has 0 N–H and O–H groups in total. The number of nitrogens with zero attached hydrogens (tertiary/aromatic N) is 1. The zero-order valence-electron chi connectivity index (χ0n) is 17.7. The van der Waals surface area contributed by atoms with E-state index in [0.29, 0.717) is 5.69 Å². The van der Waals surface area contributed by atoms with E-state index in [1.165, 1.54) is 4.90 Å². The Labute approximate surface area is 171 Å². The molecule has 1 saturated heterocycles. The quantitative estimate of drug-likeness (QED) is 0.686. The fourth-order valence-corrected chi connectivity index (χ4v) is 4.90. The highest BCUT2D eigenvalue weighted by Crippen LogP contribution is 2.61. The first kappa shape index (κ1) is 19.5. The highest BCUT2D eigenvalue weighted by Gasteiger charge is 2.62. The van der Waals surface area contributed by atoms with Crippen LogP contribution in [0.4, 0.5) is 14.5 Å². The molecule has 3 fully saturated rings. The number of anilines is 1. The lowest BCUT2D eigenvalue weighted by Crippen LogP contribution is -2.41. The molecule has 4 aliphatic rings. The molecule has 29 heavy (non-hydrogen) atoms. The van der Waals surface area contributed by atoms with Crippen molar-refractivity contribution in [2.24, 2.45) is 0 Å². The van der Waals surface area contributed by atoms with E-state index in [4.69, 9.17) is 9.31 Å². The number of carbonyl (C=O) groups is 1. The number of fused-ring (bicyclic) bond motifs is 2. The Bertz CT molecular complexity index is 875. The molecule has 5 rings (SSSR count). The van der Waals surface area contributed by atoms with Crippen molar-refractivity contribution in [1.82, 2.24) is 0 Å². The van der Waals surface area contributed by atoms with E-state index in [9.17, 15) is 13.6 Å². The molecule has 156 valence electrons. The zero-order chi connectivity index (χ0) is 21.0. The lowest BCUT2D eigenvalue weighted by molar-refractivity contribution is -0.121. The number of rotatable bonds is 4. The van der Waals surface area contributed by atoms with Gasteiger partial charge in [0, 0.05) is 18.4 Å². The molecule has 1 aromatic rings. The third kappa shape index (κ3) is 2.88. The fraction of sp³-hybridized carbons (Fsp3) is 0.682. The van der Waals surface area contributed by atoms with E-state index in [0.717, 1.165) is 37.3 Å². The zero-order valence-corrected chi connectivity index (χ0v) is 17.7. The minimum absolute atomic E-state index is 0.163. The van der Waals surface area contributed by atoms with Crippen LogP contribution in [0.15, 0.2) is 18.2 Å². The van der Waals surface area contributed by atoms with Crippen molar-refractivity contribution in [2.45, 2.75) is 88.2 Å². The Balaban J connectivity index is 1.40. The van der Waals surface area contributed by atoms with Crippen LogP contribution >= 0.6 is 0 Å². The summed E-state index contributed by atoms with van der Waals surface area (Å²) in [6.45, 7) is 8.49. The third-order valence-electron chi connectivity index (χ3n) is 7.56. The Morgan fingerprint density at radius 3 is 2.34 bits per heavy atom. The molecule has 0 bridgehead atoms. The van der Waals surface area contributed by atoms with Gasteiger partial charge in [-0.1, -0.05) is 12.1 Å². The van der Waals surface area contributed by atoms with Crippen molar-refractivity contribution in [1.29, 1.82) is 0 Å². The van der Waals surface area contributed by atoms with Crippen LogP contribution in [0, 0.1) is 0 Å². The van der Waals surface area contributed by atoms with Crippen LogP contribution in [-0.4, -0.2) is 36.7 Å². The molecule has 1 spiro atoms.